The zero-order valence-corrected chi connectivity index (χ0v) is 15.3. The van der Waals surface area contributed by atoms with Crippen molar-refractivity contribution in [3.05, 3.63) is 70.4 Å². The van der Waals surface area contributed by atoms with Gasteiger partial charge in [-0.3, -0.25) is 9.59 Å². The summed E-state index contributed by atoms with van der Waals surface area (Å²) in [5.74, 6) is -0.889. The average Bonchev–Trinajstić information content (AvgIpc) is 2.67. The average molecular weight is 341 g/mol. The molecule has 3 heteroatoms. The van der Waals surface area contributed by atoms with Crippen LogP contribution >= 0.6 is 0 Å². The Morgan fingerprint density at radius 1 is 0.731 bits per heavy atom. The standard InChI is InChI=1S/C23H19NO2/c1-12-13(2)20-17(10-18(12)16-8-6-5-7-9-16)11-19-21(24-20)14(3)15(4)22(25)23(19)26/h5-11H,1-4H3. The van der Waals surface area contributed by atoms with E-state index in [1.54, 1.807) is 6.92 Å². The van der Waals surface area contributed by atoms with Crippen molar-refractivity contribution in [2.45, 2.75) is 27.7 Å². The highest BCUT2D eigenvalue weighted by Crippen LogP contribution is 2.35. The molecule has 3 aromatic rings. The number of aromatic nitrogens is 1. The van der Waals surface area contributed by atoms with Gasteiger partial charge in [0.15, 0.2) is 0 Å². The Bertz CT molecular complexity index is 1140. The van der Waals surface area contributed by atoms with E-state index in [2.05, 4.69) is 32.0 Å². The zero-order valence-electron chi connectivity index (χ0n) is 15.3. The number of benzene rings is 2. The molecular weight excluding hydrogens is 322 g/mol. The number of Topliss-reactive ketones (excluding diaryl/α,β-unsaturated/α-hetero) is 2. The molecule has 0 aliphatic heterocycles. The Morgan fingerprint density at radius 2 is 1.38 bits per heavy atom. The molecule has 0 fully saturated rings. The number of nitrogens with zero attached hydrogens (tertiary/aromatic N) is 1. The third-order valence-corrected chi connectivity index (χ3v) is 5.47. The van der Waals surface area contributed by atoms with Gasteiger partial charge in [0, 0.05) is 11.0 Å². The summed E-state index contributed by atoms with van der Waals surface area (Å²) in [6.45, 7) is 7.71. The Kier molecular flexibility index (Phi) is 3.62. The lowest BCUT2D eigenvalue weighted by atomic mass is 9.86. The molecule has 3 nitrogen and oxygen atoms in total. The highest BCUT2D eigenvalue weighted by molar-refractivity contribution is 6.52. The molecule has 2 aromatic carbocycles. The van der Waals surface area contributed by atoms with Crippen LogP contribution in [0.2, 0.25) is 0 Å². The number of carbonyl (C=O) groups excluding carboxylic acids is 2. The molecule has 0 spiro atoms. The number of hydrogen-bond donors (Lipinski definition) is 0. The van der Waals surface area contributed by atoms with Crippen LogP contribution in [0.1, 0.15) is 41.0 Å². The SMILES string of the molecule is CC1=C(C)c2nc3c(C)c(C)c(-c4ccccc4)cc3cc2C(=O)C1=O. The van der Waals surface area contributed by atoms with E-state index in [-0.39, 0.29) is 0 Å². The summed E-state index contributed by atoms with van der Waals surface area (Å²) in [5.41, 5.74) is 7.72. The first kappa shape index (κ1) is 16.4. The van der Waals surface area contributed by atoms with Gasteiger partial charge in [-0.25, -0.2) is 4.98 Å². The minimum Gasteiger partial charge on any atom is -0.285 e. The van der Waals surface area contributed by atoms with Crippen molar-refractivity contribution in [1.82, 2.24) is 4.98 Å². The minimum absolute atomic E-state index is 0.410. The molecule has 0 saturated carbocycles. The van der Waals surface area contributed by atoms with Crippen molar-refractivity contribution in [3.63, 3.8) is 0 Å². The molecule has 0 N–H and O–H groups in total. The van der Waals surface area contributed by atoms with Gasteiger partial charge in [0.05, 0.1) is 16.8 Å². The maximum atomic E-state index is 12.5. The topological polar surface area (TPSA) is 47.0 Å². The van der Waals surface area contributed by atoms with Crippen LogP contribution in [0, 0.1) is 13.8 Å². The molecule has 1 aliphatic rings. The first-order valence-electron chi connectivity index (χ1n) is 8.67. The van der Waals surface area contributed by atoms with Gasteiger partial charge in [-0.1, -0.05) is 30.3 Å². The number of allylic oxidation sites excluding steroid dienone is 2. The molecule has 1 aliphatic carbocycles. The van der Waals surface area contributed by atoms with Crippen molar-refractivity contribution < 1.29 is 9.59 Å². The van der Waals surface area contributed by atoms with E-state index in [0.29, 0.717) is 16.8 Å². The Labute approximate surface area is 152 Å². The quantitative estimate of drug-likeness (QED) is 0.580. The fourth-order valence-corrected chi connectivity index (χ4v) is 3.60. The van der Waals surface area contributed by atoms with Crippen LogP contribution in [-0.4, -0.2) is 16.6 Å². The van der Waals surface area contributed by atoms with Gasteiger partial charge in [0.2, 0.25) is 11.6 Å². The third kappa shape index (κ3) is 2.24. The van der Waals surface area contributed by atoms with Crippen molar-refractivity contribution in [3.8, 4) is 11.1 Å². The minimum atomic E-state index is -0.461. The number of hydrogen-bond acceptors (Lipinski definition) is 3. The van der Waals surface area contributed by atoms with Crippen molar-refractivity contribution >= 4 is 28.0 Å². The normalized spacial score (nSPS) is 14.2. The number of carbonyl (C=O) groups is 2. The monoisotopic (exact) mass is 341 g/mol. The molecule has 1 heterocycles. The van der Waals surface area contributed by atoms with Gasteiger partial charge in [-0.15, -0.1) is 0 Å². The van der Waals surface area contributed by atoms with E-state index in [0.717, 1.165) is 33.2 Å². The van der Waals surface area contributed by atoms with Gasteiger partial charge >= 0.3 is 0 Å². The summed E-state index contributed by atoms with van der Waals surface area (Å²) in [4.78, 5) is 29.5. The van der Waals surface area contributed by atoms with Gasteiger partial charge < -0.3 is 0 Å². The fraction of sp³-hybridized carbons (Fsp3) is 0.174. The molecule has 0 saturated heterocycles. The first-order chi connectivity index (χ1) is 12.4. The van der Waals surface area contributed by atoms with Gasteiger partial charge in [0.25, 0.3) is 0 Å². The molecule has 0 amide bonds. The van der Waals surface area contributed by atoms with E-state index in [9.17, 15) is 9.59 Å². The second kappa shape index (κ2) is 5.73. The molecule has 1 aromatic heterocycles. The van der Waals surface area contributed by atoms with Crippen molar-refractivity contribution in [2.75, 3.05) is 0 Å². The van der Waals surface area contributed by atoms with Gasteiger partial charge in [-0.05, 0) is 67.7 Å². The Hall–Kier alpha value is -3.07. The maximum Gasteiger partial charge on any atom is 0.235 e. The highest BCUT2D eigenvalue weighted by atomic mass is 16.2. The van der Waals surface area contributed by atoms with Crippen LogP contribution in [0.25, 0.3) is 27.6 Å². The summed E-state index contributed by atoms with van der Waals surface area (Å²) in [6, 6.07) is 14.1. The molecule has 128 valence electrons. The predicted octanol–water partition coefficient (Wildman–Crippen LogP) is 5.08. The van der Waals surface area contributed by atoms with E-state index >= 15 is 0 Å². The molecule has 0 bridgehead atoms. The summed E-state index contributed by atoms with van der Waals surface area (Å²) in [6.07, 6.45) is 0. The molecule has 0 atom stereocenters. The van der Waals surface area contributed by atoms with Gasteiger partial charge in [0.1, 0.15) is 0 Å². The number of aryl methyl sites for hydroxylation is 1. The molecule has 26 heavy (non-hydrogen) atoms. The largest absolute Gasteiger partial charge is 0.285 e. The highest BCUT2D eigenvalue weighted by Gasteiger charge is 2.30. The Balaban J connectivity index is 2.06. The van der Waals surface area contributed by atoms with E-state index in [4.69, 9.17) is 4.98 Å². The first-order valence-corrected chi connectivity index (χ1v) is 8.67. The smallest absolute Gasteiger partial charge is 0.235 e. The lowest BCUT2D eigenvalue weighted by molar-refractivity contribution is -0.111. The van der Waals surface area contributed by atoms with Crippen LogP contribution in [0.3, 0.4) is 0 Å². The predicted molar refractivity (Wildman–Crippen MR) is 104 cm³/mol. The second-order valence-electron chi connectivity index (χ2n) is 6.90. The van der Waals surface area contributed by atoms with E-state index < -0.39 is 11.6 Å². The van der Waals surface area contributed by atoms with Gasteiger partial charge in [-0.2, -0.15) is 0 Å². The summed E-state index contributed by atoms with van der Waals surface area (Å²) >= 11 is 0. The number of fused-ring (bicyclic) bond motifs is 2. The summed E-state index contributed by atoms with van der Waals surface area (Å²) in [5, 5.41) is 0.888. The Morgan fingerprint density at radius 3 is 2.08 bits per heavy atom. The van der Waals surface area contributed by atoms with Crippen molar-refractivity contribution in [1.29, 1.82) is 0 Å². The molecular formula is C23H19NO2. The molecule has 0 radical (unpaired) electrons. The fourth-order valence-electron chi connectivity index (χ4n) is 3.60. The summed E-state index contributed by atoms with van der Waals surface area (Å²) in [7, 11) is 0. The lowest BCUT2D eigenvalue weighted by Gasteiger charge is -2.19. The van der Waals surface area contributed by atoms with E-state index in [1.165, 1.54) is 5.56 Å². The molecule has 0 unspecified atom stereocenters. The zero-order chi connectivity index (χ0) is 18.6. The van der Waals surface area contributed by atoms with Crippen LogP contribution in [-0.2, 0) is 4.79 Å². The third-order valence-electron chi connectivity index (χ3n) is 5.47. The van der Waals surface area contributed by atoms with Crippen molar-refractivity contribution in [2.24, 2.45) is 0 Å². The lowest BCUT2D eigenvalue weighted by Crippen LogP contribution is -2.23. The van der Waals surface area contributed by atoms with Crippen LogP contribution in [0.4, 0.5) is 0 Å². The van der Waals surface area contributed by atoms with Crippen LogP contribution < -0.4 is 0 Å². The number of pyridine rings is 1. The molecule has 4 rings (SSSR count). The maximum absolute atomic E-state index is 12.5. The van der Waals surface area contributed by atoms with E-state index in [1.807, 2.05) is 31.2 Å². The second-order valence-corrected chi connectivity index (χ2v) is 6.90. The summed E-state index contributed by atoms with van der Waals surface area (Å²) < 4.78 is 0. The number of rotatable bonds is 1. The number of ketones is 2. The van der Waals surface area contributed by atoms with Crippen LogP contribution in [0.5, 0.6) is 0 Å². The van der Waals surface area contributed by atoms with Crippen LogP contribution in [0.15, 0.2) is 48.0 Å².